The Bertz CT molecular complexity index is 1250. The van der Waals surface area contributed by atoms with E-state index in [-0.39, 0.29) is 10.1 Å². The molecule has 184 valence electrons. The van der Waals surface area contributed by atoms with Crippen LogP contribution in [-0.4, -0.2) is 16.6 Å². The molecular formula is C27H37ClO4Si2. The first-order chi connectivity index (χ1) is 15.4. The van der Waals surface area contributed by atoms with Crippen molar-refractivity contribution in [2.45, 2.75) is 77.8 Å². The maximum absolute atomic E-state index is 12.9. The predicted octanol–water partition coefficient (Wildman–Crippen LogP) is 8.88. The molecule has 34 heavy (non-hydrogen) atoms. The second kappa shape index (κ2) is 8.88. The Labute approximate surface area is 210 Å². The molecule has 0 N–H and O–H groups in total. The Kier molecular flexibility index (Phi) is 6.94. The molecule has 2 aromatic carbocycles. The van der Waals surface area contributed by atoms with Crippen LogP contribution in [0.4, 0.5) is 0 Å². The molecule has 3 aromatic rings. The summed E-state index contributed by atoms with van der Waals surface area (Å²) >= 11 is 6.62. The van der Waals surface area contributed by atoms with E-state index in [4.69, 9.17) is 24.9 Å². The van der Waals surface area contributed by atoms with Crippen LogP contribution in [-0.2, 0) is 0 Å². The first-order valence-electron chi connectivity index (χ1n) is 11.7. The molecule has 1 aromatic heterocycles. The molecule has 0 aliphatic heterocycles. The highest BCUT2D eigenvalue weighted by Crippen LogP contribution is 2.40. The molecule has 4 nitrogen and oxygen atoms in total. The van der Waals surface area contributed by atoms with Gasteiger partial charge in [-0.1, -0.05) is 65.3 Å². The summed E-state index contributed by atoms with van der Waals surface area (Å²) in [5, 5.41) is 1.32. The third-order valence-corrected chi connectivity index (χ3v) is 16.3. The van der Waals surface area contributed by atoms with Crippen molar-refractivity contribution >= 4 is 39.2 Å². The zero-order valence-corrected chi connectivity index (χ0v) is 24.8. The third-order valence-electron chi connectivity index (χ3n) is 7.30. The largest absolute Gasteiger partial charge is 0.544 e. The molecule has 0 fully saturated rings. The van der Waals surface area contributed by atoms with Crippen molar-refractivity contribution in [3.8, 4) is 22.6 Å². The molecule has 0 amide bonds. The van der Waals surface area contributed by atoms with E-state index in [1.807, 2.05) is 30.3 Å². The number of fused-ring (bicyclic) bond motifs is 1. The Morgan fingerprint density at radius 1 is 0.765 bits per heavy atom. The van der Waals surface area contributed by atoms with E-state index < -0.39 is 22.3 Å². The lowest BCUT2D eigenvalue weighted by atomic mass is 10.1. The lowest BCUT2D eigenvalue weighted by molar-refractivity contribution is 0.490. The van der Waals surface area contributed by atoms with Crippen LogP contribution in [0, 0.1) is 0 Å². The minimum atomic E-state index is -2.06. The minimum Gasteiger partial charge on any atom is -0.544 e. The monoisotopic (exact) mass is 516 g/mol. The SMILES string of the molecule is CC(C)(C)[Si](C)(C)Oc1ccc(-c2cc3c(Cl)cc(O[Si](C)(C)C(C)(C)C)cc3oc2=O)cc1. The molecule has 0 unspecified atom stereocenters. The number of benzene rings is 2. The Balaban J connectivity index is 1.95. The average molecular weight is 517 g/mol. The van der Waals surface area contributed by atoms with Gasteiger partial charge in [-0.25, -0.2) is 4.79 Å². The lowest BCUT2D eigenvalue weighted by Gasteiger charge is -2.36. The van der Waals surface area contributed by atoms with E-state index in [2.05, 4.69) is 67.7 Å². The van der Waals surface area contributed by atoms with E-state index >= 15 is 0 Å². The van der Waals surface area contributed by atoms with Gasteiger partial charge in [0.1, 0.15) is 17.1 Å². The van der Waals surface area contributed by atoms with E-state index in [1.54, 1.807) is 12.1 Å². The van der Waals surface area contributed by atoms with Crippen molar-refractivity contribution in [3.05, 3.63) is 57.9 Å². The van der Waals surface area contributed by atoms with Crippen molar-refractivity contribution in [2.24, 2.45) is 0 Å². The quantitative estimate of drug-likeness (QED) is 0.251. The summed E-state index contributed by atoms with van der Waals surface area (Å²) < 4.78 is 18.4. The smallest absolute Gasteiger partial charge is 0.344 e. The van der Waals surface area contributed by atoms with Crippen LogP contribution in [0.15, 0.2) is 51.7 Å². The van der Waals surface area contributed by atoms with E-state index in [0.717, 1.165) is 11.3 Å². The number of hydrogen-bond acceptors (Lipinski definition) is 4. The summed E-state index contributed by atoms with van der Waals surface area (Å²) in [6, 6.07) is 13.0. The van der Waals surface area contributed by atoms with Crippen molar-refractivity contribution in [1.82, 2.24) is 0 Å². The molecule has 0 saturated carbocycles. The van der Waals surface area contributed by atoms with Gasteiger partial charge in [0.05, 0.1) is 10.6 Å². The summed E-state index contributed by atoms with van der Waals surface area (Å²) in [6.45, 7) is 21.9. The van der Waals surface area contributed by atoms with Crippen LogP contribution in [0.1, 0.15) is 41.5 Å². The molecule has 0 saturated heterocycles. The average Bonchev–Trinajstić information content (AvgIpc) is 2.66. The van der Waals surface area contributed by atoms with E-state index in [0.29, 0.717) is 27.3 Å². The topological polar surface area (TPSA) is 48.7 Å². The molecular weight excluding hydrogens is 480 g/mol. The Morgan fingerprint density at radius 2 is 1.26 bits per heavy atom. The molecule has 0 aliphatic rings. The van der Waals surface area contributed by atoms with Gasteiger partial charge in [0.25, 0.3) is 0 Å². The van der Waals surface area contributed by atoms with Crippen LogP contribution in [0.5, 0.6) is 11.5 Å². The van der Waals surface area contributed by atoms with Crippen molar-refractivity contribution in [1.29, 1.82) is 0 Å². The normalized spacial score (nSPS) is 13.3. The maximum atomic E-state index is 12.9. The minimum absolute atomic E-state index is 0.0413. The van der Waals surface area contributed by atoms with E-state index in [1.165, 1.54) is 0 Å². The van der Waals surface area contributed by atoms with Gasteiger partial charge in [0.2, 0.25) is 16.6 Å². The summed E-state index contributed by atoms with van der Waals surface area (Å²) in [4.78, 5) is 12.9. The summed E-state index contributed by atoms with van der Waals surface area (Å²) in [6.07, 6.45) is 0. The maximum Gasteiger partial charge on any atom is 0.344 e. The fourth-order valence-electron chi connectivity index (χ4n) is 3.01. The van der Waals surface area contributed by atoms with Crippen LogP contribution < -0.4 is 14.5 Å². The zero-order chi connectivity index (χ0) is 25.7. The Hall–Kier alpha value is -2.03. The van der Waals surface area contributed by atoms with Gasteiger partial charge < -0.3 is 13.3 Å². The number of rotatable bonds is 5. The van der Waals surface area contributed by atoms with Gasteiger partial charge in [0.15, 0.2) is 0 Å². The summed E-state index contributed by atoms with van der Waals surface area (Å²) in [5.74, 6) is 1.44. The summed E-state index contributed by atoms with van der Waals surface area (Å²) in [7, 11) is -3.99. The fraction of sp³-hybridized carbons (Fsp3) is 0.444. The van der Waals surface area contributed by atoms with Gasteiger partial charge in [-0.2, -0.15) is 0 Å². The lowest BCUT2D eigenvalue weighted by Crippen LogP contribution is -2.43. The second-order valence-corrected chi connectivity index (χ2v) is 21.9. The van der Waals surface area contributed by atoms with Gasteiger partial charge in [-0.05, 0) is 66.1 Å². The summed E-state index contributed by atoms with van der Waals surface area (Å²) in [5.41, 5.74) is 1.24. The highest BCUT2D eigenvalue weighted by Gasteiger charge is 2.40. The van der Waals surface area contributed by atoms with E-state index in [9.17, 15) is 4.79 Å². The van der Waals surface area contributed by atoms with Gasteiger partial charge in [-0.15, -0.1) is 0 Å². The number of halogens is 1. The highest BCUT2D eigenvalue weighted by atomic mass is 35.5. The van der Waals surface area contributed by atoms with Gasteiger partial charge >= 0.3 is 5.63 Å². The fourth-order valence-corrected chi connectivity index (χ4v) is 5.31. The number of hydrogen-bond donors (Lipinski definition) is 0. The van der Waals surface area contributed by atoms with Crippen LogP contribution in [0.2, 0.25) is 41.3 Å². The molecule has 0 atom stereocenters. The molecule has 3 rings (SSSR count). The predicted molar refractivity (Wildman–Crippen MR) is 149 cm³/mol. The van der Waals surface area contributed by atoms with Crippen molar-refractivity contribution in [2.75, 3.05) is 0 Å². The zero-order valence-electron chi connectivity index (χ0n) is 22.1. The third kappa shape index (κ3) is 5.45. The molecule has 0 aliphatic carbocycles. The molecule has 0 radical (unpaired) electrons. The van der Waals surface area contributed by atoms with Crippen LogP contribution >= 0.6 is 11.6 Å². The highest BCUT2D eigenvalue weighted by molar-refractivity contribution is 6.75. The van der Waals surface area contributed by atoms with Crippen molar-refractivity contribution < 1.29 is 13.3 Å². The van der Waals surface area contributed by atoms with Gasteiger partial charge in [-0.3, -0.25) is 0 Å². The van der Waals surface area contributed by atoms with Crippen LogP contribution in [0.25, 0.3) is 22.1 Å². The first-order valence-corrected chi connectivity index (χ1v) is 17.9. The molecule has 0 bridgehead atoms. The molecule has 0 spiro atoms. The first kappa shape index (κ1) is 26.6. The van der Waals surface area contributed by atoms with Crippen LogP contribution in [0.3, 0.4) is 0 Å². The van der Waals surface area contributed by atoms with Gasteiger partial charge in [0, 0.05) is 11.5 Å². The standard InChI is InChI=1S/C27H37ClO4Si2/c1-26(2,3)33(7,8)31-19-13-11-18(12-14-19)21-17-22-23(28)15-20(16-24(22)30-25(21)29)32-34(9,10)27(4,5)6/h11-17H,1-10H3. The molecule has 7 heteroatoms. The Morgan fingerprint density at radius 3 is 1.76 bits per heavy atom. The van der Waals surface area contributed by atoms with Crippen molar-refractivity contribution in [3.63, 3.8) is 0 Å². The molecule has 1 heterocycles. The second-order valence-electron chi connectivity index (χ2n) is 12.0.